The van der Waals surface area contributed by atoms with Crippen LogP contribution in [-0.4, -0.2) is 36.0 Å². The lowest BCUT2D eigenvalue weighted by Gasteiger charge is -2.20. The van der Waals surface area contributed by atoms with Crippen molar-refractivity contribution in [3.05, 3.63) is 66.4 Å². The standard InChI is InChI=1S/C30H27N7OS/c38-26(13-18-5-2-1-3-6-18)33-21-14-20(16-31-17-21)19-8-9-23-22(15-19)27(37-36-23)30-34-24-10-11-32-29(28(24)35-30)25-7-4-12-39-25/h4,7-12,14-18H,1-3,5-6,13H2,(H,33,38)(H,34,35)(H,36,37). The summed E-state index contributed by atoms with van der Waals surface area (Å²) in [6, 6.07) is 14.1. The van der Waals surface area contributed by atoms with E-state index in [1.807, 2.05) is 41.9 Å². The molecule has 7 rings (SSSR count). The van der Waals surface area contributed by atoms with E-state index in [1.165, 1.54) is 19.3 Å². The zero-order chi connectivity index (χ0) is 26.2. The number of pyridine rings is 2. The smallest absolute Gasteiger partial charge is 0.224 e. The van der Waals surface area contributed by atoms with Gasteiger partial charge >= 0.3 is 0 Å². The van der Waals surface area contributed by atoms with Crippen molar-refractivity contribution in [1.29, 1.82) is 0 Å². The number of carbonyl (C=O) groups is 1. The number of hydrogen-bond donors (Lipinski definition) is 3. The van der Waals surface area contributed by atoms with Gasteiger partial charge in [0.05, 0.1) is 27.8 Å². The summed E-state index contributed by atoms with van der Waals surface area (Å²) < 4.78 is 0. The first-order chi connectivity index (χ1) is 19.2. The molecule has 1 aromatic carbocycles. The van der Waals surface area contributed by atoms with Crippen LogP contribution in [-0.2, 0) is 4.79 Å². The fourth-order valence-corrected chi connectivity index (χ4v) is 6.27. The SMILES string of the molecule is O=C(CC1CCCCC1)Nc1cncc(-c2ccc3[nH]nc(-c4nc5c(-c6cccs6)nccc5[nH]4)c3c2)c1. The normalized spacial score (nSPS) is 14.3. The molecule has 9 heteroatoms. The molecule has 194 valence electrons. The summed E-state index contributed by atoms with van der Waals surface area (Å²) in [5.74, 6) is 1.24. The predicted octanol–water partition coefficient (Wildman–Crippen LogP) is 7.20. The van der Waals surface area contributed by atoms with Crippen molar-refractivity contribution in [3.8, 4) is 33.2 Å². The summed E-state index contributed by atoms with van der Waals surface area (Å²) >= 11 is 1.64. The Morgan fingerprint density at radius 3 is 2.79 bits per heavy atom. The van der Waals surface area contributed by atoms with Crippen LogP contribution >= 0.6 is 11.3 Å². The van der Waals surface area contributed by atoms with Crippen molar-refractivity contribution in [1.82, 2.24) is 30.1 Å². The quantitative estimate of drug-likeness (QED) is 0.210. The average molecular weight is 534 g/mol. The Hall–Kier alpha value is -4.37. The number of carbonyl (C=O) groups excluding carboxylic acids is 1. The maximum Gasteiger partial charge on any atom is 0.224 e. The van der Waals surface area contributed by atoms with Crippen LogP contribution in [0.3, 0.4) is 0 Å². The lowest BCUT2D eigenvalue weighted by molar-refractivity contribution is -0.117. The van der Waals surface area contributed by atoms with Crippen molar-refractivity contribution < 1.29 is 4.79 Å². The molecule has 0 aliphatic heterocycles. The molecule has 0 radical (unpaired) electrons. The second-order valence-corrected chi connectivity index (χ2v) is 11.1. The van der Waals surface area contributed by atoms with E-state index in [4.69, 9.17) is 4.98 Å². The highest BCUT2D eigenvalue weighted by Gasteiger charge is 2.19. The number of amides is 1. The molecule has 1 amide bonds. The molecule has 0 spiro atoms. The van der Waals surface area contributed by atoms with Gasteiger partial charge in [0.15, 0.2) is 5.82 Å². The van der Waals surface area contributed by atoms with Gasteiger partial charge in [-0.2, -0.15) is 5.10 Å². The highest BCUT2D eigenvalue weighted by atomic mass is 32.1. The Bertz CT molecular complexity index is 1780. The molecular weight excluding hydrogens is 506 g/mol. The van der Waals surface area contributed by atoms with Crippen molar-refractivity contribution in [3.63, 3.8) is 0 Å². The van der Waals surface area contributed by atoms with Crippen LogP contribution in [0.2, 0.25) is 0 Å². The number of aromatic amines is 2. The predicted molar refractivity (Wildman–Crippen MR) is 155 cm³/mol. The van der Waals surface area contributed by atoms with Crippen LogP contribution in [0.15, 0.2) is 66.4 Å². The first-order valence-electron chi connectivity index (χ1n) is 13.3. The molecule has 1 aliphatic rings. The fourth-order valence-electron chi connectivity index (χ4n) is 5.55. The third-order valence-electron chi connectivity index (χ3n) is 7.50. The van der Waals surface area contributed by atoms with Gasteiger partial charge in [0.25, 0.3) is 0 Å². The van der Waals surface area contributed by atoms with Crippen molar-refractivity contribution in [2.24, 2.45) is 5.92 Å². The maximum atomic E-state index is 12.7. The Balaban J connectivity index is 1.19. The van der Waals surface area contributed by atoms with Crippen molar-refractivity contribution in [2.75, 3.05) is 5.32 Å². The molecule has 0 saturated heterocycles. The topological polar surface area (TPSA) is 112 Å². The number of hydrogen-bond acceptors (Lipinski definition) is 6. The van der Waals surface area contributed by atoms with Crippen LogP contribution in [0.5, 0.6) is 0 Å². The number of nitrogens with zero attached hydrogens (tertiary/aromatic N) is 4. The minimum Gasteiger partial charge on any atom is -0.336 e. The number of nitrogens with one attached hydrogen (secondary N) is 3. The lowest BCUT2D eigenvalue weighted by Crippen LogP contribution is -2.18. The van der Waals surface area contributed by atoms with Gasteiger partial charge in [0.1, 0.15) is 16.9 Å². The second-order valence-electron chi connectivity index (χ2n) is 10.2. The number of H-pyrrole nitrogens is 2. The van der Waals surface area contributed by atoms with Gasteiger partial charge in [-0.3, -0.25) is 19.9 Å². The minimum atomic E-state index is 0.0646. The van der Waals surface area contributed by atoms with Gasteiger partial charge < -0.3 is 10.3 Å². The average Bonchev–Trinajstić information content (AvgIpc) is 3.73. The first kappa shape index (κ1) is 23.7. The first-order valence-corrected chi connectivity index (χ1v) is 14.2. The van der Waals surface area contributed by atoms with E-state index in [0.717, 1.165) is 62.2 Å². The molecule has 5 heterocycles. The van der Waals surface area contributed by atoms with Crippen LogP contribution < -0.4 is 5.32 Å². The Morgan fingerprint density at radius 2 is 1.92 bits per heavy atom. The summed E-state index contributed by atoms with van der Waals surface area (Å²) in [6.45, 7) is 0. The van der Waals surface area contributed by atoms with Crippen LogP contribution in [0, 0.1) is 5.92 Å². The Morgan fingerprint density at radius 1 is 1.00 bits per heavy atom. The molecular formula is C30H27N7OS. The van der Waals surface area contributed by atoms with Crippen LogP contribution in [0.4, 0.5) is 5.69 Å². The van der Waals surface area contributed by atoms with E-state index in [-0.39, 0.29) is 5.91 Å². The highest BCUT2D eigenvalue weighted by molar-refractivity contribution is 7.13. The summed E-state index contributed by atoms with van der Waals surface area (Å²) in [5, 5.41) is 13.8. The molecule has 1 aliphatic carbocycles. The number of anilines is 1. The van der Waals surface area contributed by atoms with Gasteiger partial charge in [0.2, 0.25) is 5.91 Å². The van der Waals surface area contributed by atoms with E-state index < -0.39 is 0 Å². The summed E-state index contributed by atoms with van der Waals surface area (Å²) in [6.07, 6.45) is 11.9. The zero-order valence-corrected chi connectivity index (χ0v) is 22.1. The third-order valence-corrected chi connectivity index (χ3v) is 8.37. The monoisotopic (exact) mass is 533 g/mol. The van der Waals surface area contributed by atoms with E-state index in [9.17, 15) is 4.79 Å². The molecule has 1 fully saturated rings. The fraction of sp³-hybridized carbons (Fsp3) is 0.233. The van der Waals surface area contributed by atoms with Gasteiger partial charge in [-0.1, -0.05) is 31.4 Å². The summed E-state index contributed by atoms with van der Waals surface area (Å²) in [5.41, 5.74) is 6.87. The van der Waals surface area contributed by atoms with E-state index in [2.05, 4.69) is 42.6 Å². The van der Waals surface area contributed by atoms with E-state index in [0.29, 0.717) is 23.9 Å². The minimum absolute atomic E-state index is 0.0646. The van der Waals surface area contributed by atoms with Gasteiger partial charge in [-0.15, -0.1) is 11.3 Å². The Labute approximate surface area is 228 Å². The van der Waals surface area contributed by atoms with Gasteiger partial charge in [-0.25, -0.2) is 4.98 Å². The molecule has 0 atom stereocenters. The molecule has 1 saturated carbocycles. The van der Waals surface area contributed by atoms with Gasteiger partial charge in [-0.05, 0) is 60.0 Å². The van der Waals surface area contributed by atoms with E-state index >= 15 is 0 Å². The summed E-state index contributed by atoms with van der Waals surface area (Å²) in [7, 11) is 0. The molecule has 3 N–H and O–H groups in total. The highest BCUT2D eigenvalue weighted by Crippen LogP contribution is 2.34. The second kappa shape index (κ2) is 10.1. The number of rotatable bonds is 6. The molecule has 0 bridgehead atoms. The number of fused-ring (bicyclic) bond motifs is 2. The van der Waals surface area contributed by atoms with Gasteiger partial charge in [0, 0.05) is 29.8 Å². The summed E-state index contributed by atoms with van der Waals surface area (Å²) in [4.78, 5) is 31.1. The molecule has 6 aromatic rings. The van der Waals surface area contributed by atoms with Crippen LogP contribution in [0.1, 0.15) is 38.5 Å². The largest absolute Gasteiger partial charge is 0.336 e. The number of imidazole rings is 1. The van der Waals surface area contributed by atoms with E-state index in [1.54, 1.807) is 23.7 Å². The molecule has 39 heavy (non-hydrogen) atoms. The number of thiophene rings is 1. The molecule has 8 nitrogen and oxygen atoms in total. The molecule has 0 unspecified atom stereocenters. The maximum absolute atomic E-state index is 12.7. The number of benzene rings is 1. The lowest BCUT2D eigenvalue weighted by atomic mass is 9.87. The van der Waals surface area contributed by atoms with Crippen LogP contribution in [0.25, 0.3) is 55.2 Å². The van der Waals surface area contributed by atoms with Crippen molar-refractivity contribution >= 4 is 44.9 Å². The van der Waals surface area contributed by atoms with Crippen molar-refractivity contribution in [2.45, 2.75) is 38.5 Å². The molecule has 5 aromatic heterocycles. The third kappa shape index (κ3) is 4.70. The zero-order valence-electron chi connectivity index (χ0n) is 21.3. The number of aromatic nitrogens is 6. The Kier molecular flexibility index (Phi) is 6.13.